The van der Waals surface area contributed by atoms with Crippen LogP contribution in [-0.4, -0.2) is 35.2 Å². The van der Waals surface area contributed by atoms with Crippen LogP contribution in [0.25, 0.3) is 0 Å². The summed E-state index contributed by atoms with van der Waals surface area (Å²) in [5.41, 5.74) is 0.566. The summed E-state index contributed by atoms with van der Waals surface area (Å²) >= 11 is 0. The average Bonchev–Trinajstić information content (AvgIpc) is 2.31. The van der Waals surface area contributed by atoms with Gasteiger partial charge in [0.1, 0.15) is 0 Å². The van der Waals surface area contributed by atoms with Crippen molar-refractivity contribution in [2.45, 2.75) is 70.9 Å². The number of rotatable bonds is 2. The molecule has 1 aliphatic carbocycles. The maximum absolute atomic E-state index is 10.1. The third kappa shape index (κ3) is 2.60. The lowest BCUT2D eigenvalue weighted by Gasteiger charge is -2.45. The summed E-state index contributed by atoms with van der Waals surface area (Å²) in [6, 6.07) is 0.468. The summed E-state index contributed by atoms with van der Waals surface area (Å²) in [6.07, 6.45) is 8.63. The fourth-order valence-corrected chi connectivity index (χ4v) is 3.27. The normalized spacial score (nSPS) is 36.2. The summed E-state index contributed by atoms with van der Waals surface area (Å²) in [4.78, 5) is 2.56. The first kappa shape index (κ1) is 12.4. The summed E-state index contributed by atoms with van der Waals surface area (Å²) in [7, 11) is 0. The molecule has 0 bridgehead atoms. The van der Waals surface area contributed by atoms with Crippen molar-refractivity contribution in [2.75, 3.05) is 13.1 Å². The highest BCUT2D eigenvalue weighted by Gasteiger charge is 2.34. The number of aliphatic hydroxyl groups excluding tert-OH is 1. The second-order valence-corrected chi connectivity index (χ2v) is 6.12. The molecule has 2 fully saturated rings. The summed E-state index contributed by atoms with van der Waals surface area (Å²) in [6.45, 7) is 7.13. The van der Waals surface area contributed by atoms with E-state index >= 15 is 0 Å². The predicted molar refractivity (Wildman–Crippen MR) is 67.5 cm³/mol. The number of hydrogen-bond donors (Lipinski definition) is 1. The van der Waals surface area contributed by atoms with Gasteiger partial charge in [-0.05, 0) is 44.2 Å². The van der Waals surface area contributed by atoms with Gasteiger partial charge in [0.05, 0.1) is 6.10 Å². The number of nitrogens with zero attached hydrogens (tertiary/aromatic N) is 1. The van der Waals surface area contributed by atoms with E-state index in [4.69, 9.17) is 0 Å². The monoisotopic (exact) mass is 225 g/mol. The molecule has 0 spiro atoms. The number of hydrogen-bond acceptors (Lipinski definition) is 2. The molecule has 2 aliphatic rings. The second-order valence-electron chi connectivity index (χ2n) is 6.12. The Morgan fingerprint density at radius 3 is 2.38 bits per heavy atom. The first-order chi connectivity index (χ1) is 7.64. The Morgan fingerprint density at radius 1 is 1.19 bits per heavy atom. The fourth-order valence-electron chi connectivity index (χ4n) is 3.27. The minimum atomic E-state index is -0.0558. The predicted octanol–water partition coefficient (Wildman–Crippen LogP) is 2.80. The van der Waals surface area contributed by atoms with Gasteiger partial charge in [-0.1, -0.05) is 33.1 Å². The molecule has 1 saturated carbocycles. The van der Waals surface area contributed by atoms with E-state index in [0.717, 1.165) is 6.42 Å². The Hall–Kier alpha value is -0.0800. The second kappa shape index (κ2) is 5.05. The van der Waals surface area contributed by atoms with Crippen molar-refractivity contribution in [2.24, 2.45) is 5.41 Å². The molecular weight excluding hydrogens is 198 g/mol. The van der Waals surface area contributed by atoms with Crippen molar-refractivity contribution in [1.82, 2.24) is 4.90 Å². The van der Waals surface area contributed by atoms with E-state index in [1.54, 1.807) is 0 Å². The van der Waals surface area contributed by atoms with Crippen LogP contribution in [0.1, 0.15) is 58.8 Å². The Bertz CT molecular complexity index is 221. The minimum absolute atomic E-state index is 0.0558. The van der Waals surface area contributed by atoms with Crippen LogP contribution in [-0.2, 0) is 0 Å². The maximum Gasteiger partial charge on any atom is 0.0695 e. The van der Waals surface area contributed by atoms with Gasteiger partial charge >= 0.3 is 0 Å². The van der Waals surface area contributed by atoms with E-state index < -0.39 is 0 Å². The van der Waals surface area contributed by atoms with E-state index in [9.17, 15) is 5.11 Å². The van der Waals surface area contributed by atoms with Crippen molar-refractivity contribution < 1.29 is 5.11 Å². The molecule has 2 unspecified atom stereocenters. The number of likely N-dealkylation sites (tertiary alicyclic amines) is 1. The molecule has 1 N–H and O–H groups in total. The number of piperidine rings is 1. The Balaban J connectivity index is 1.88. The number of aliphatic hydroxyl groups is 1. The molecule has 16 heavy (non-hydrogen) atoms. The molecule has 0 aromatic heterocycles. The van der Waals surface area contributed by atoms with Crippen LogP contribution in [0.3, 0.4) is 0 Å². The van der Waals surface area contributed by atoms with Crippen LogP contribution < -0.4 is 0 Å². The molecule has 2 heteroatoms. The largest absolute Gasteiger partial charge is 0.391 e. The fraction of sp³-hybridized carbons (Fsp3) is 1.00. The standard InChI is InChI=1S/C14H27NO/c1-3-14(2)8-10-15(11-9-14)12-6-4-5-7-13(12)16/h12-13,16H,3-11H2,1-2H3. The third-order valence-electron chi connectivity index (χ3n) is 5.02. The first-order valence-corrected chi connectivity index (χ1v) is 7.07. The molecule has 0 amide bonds. The summed E-state index contributed by atoms with van der Waals surface area (Å²) < 4.78 is 0. The van der Waals surface area contributed by atoms with Gasteiger partial charge in [0.15, 0.2) is 0 Å². The van der Waals surface area contributed by atoms with Crippen LogP contribution in [0.4, 0.5) is 0 Å². The van der Waals surface area contributed by atoms with E-state index in [1.165, 1.54) is 51.6 Å². The van der Waals surface area contributed by atoms with Crippen LogP contribution in [0.15, 0.2) is 0 Å². The minimum Gasteiger partial charge on any atom is -0.391 e. The SMILES string of the molecule is CCC1(C)CCN(C2CCCCC2O)CC1. The lowest BCUT2D eigenvalue weighted by Crippen LogP contribution is -2.50. The van der Waals surface area contributed by atoms with E-state index in [2.05, 4.69) is 18.7 Å². The van der Waals surface area contributed by atoms with Crippen molar-refractivity contribution in [3.8, 4) is 0 Å². The van der Waals surface area contributed by atoms with Crippen LogP contribution in [0, 0.1) is 5.41 Å². The molecule has 0 radical (unpaired) electrons. The molecule has 1 saturated heterocycles. The zero-order valence-electron chi connectivity index (χ0n) is 10.9. The van der Waals surface area contributed by atoms with Gasteiger partial charge in [-0.3, -0.25) is 4.90 Å². The van der Waals surface area contributed by atoms with Crippen molar-refractivity contribution >= 4 is 0 Å². The molecule has 2 nitrogen and oxygen atoms in total. The van der Waals surface area contributed by atoms with E-state index in [-0.39, 0.29) is 6.10 Å². The highest BCUT2D eigenvalue weighted by molar-refractivity contribution is 4.88. The van der Waals surface area contributed by atoms with Gasteiger partial charge in [-0.25, -0.2) is 0 Å². The van der Waals surface area contributed by atoms with Gasteiger partial charge in [0.25, 0.3) is 0 Å². The molecule has 0 aromatic carbocycles. The zero-order chi connectivity index (χ0) is 11.6. The van der Waals surface area contributed by atoms with Crippen LogP contribution >= 0.6 is 0 Å². The smallest absolute Gasteiger partial charge is 0.0695 e. The zero-order valence-corrected chi connectivity index (χ0v) is 10.9. The molecule has 2 rings (SSSR count). The quantitative estimate of drug-likeness (QED) is 0.781. The van der Waals surface area contributed by atoms with E-state index in [0.29, 0.717) is 11.5 Å². The van der Waals surface area contributed by atoms with Gasteiger partial charge in [0.2, 0.25) is 0 Å². The molecule has 94 valence electrons. The lowest BCUT2D eigenvalue weighted by molar-refractivity contribution is -0.00965. The Kier molecular flexibility index (Phi) is 3.91. The molecule has 0 aromatic rings. The van der Waals surface area contributed by atoms with Gasteiger partial charge < -0.3 is 5.11 Å². The molecular formula is C14H27NO. The third-order valence-corrected chi connectivity index (χ3v) is 5.02. The highest BCUT2D eigenvalue weighted by atomic mass is 16.3. The van der Waals surface area contributed by atoms with Crippen LogP contribution in [0.5, 0.6) is 0 Å². The first-order valence-electron chi connectivity index (χ1n) is 7.07. The molecule has 2 atom stereocenters. The maximum atomic E-state index is 10.1. The summed E-state index contributed by atoms with van der Waals surface area (Å²) in [5, 5.41) is 10.1. The van der Waals surface area contributed by atoms with Crippen LogP contribution in [0.2, 0.25) is 0 Å². The Morgan fingerprint density at radius 2 is 1.81 bits per heavy atom. The summed E-state index contributed by atoms with van der Waals surface area (Å²) in [5.74, 6) is 0. The van der Waals surface area contributed by atoms with E-state index in [1.807, 2.05) is 0 Å². The van der Waals surface area contributed by atoms with Crippen molar-refractivity contribution in [3.63, 3.8) is 0 Å². The Labute approximate surface area is 100 Å². The van der Waals surface area contributed by atoms with Crippen molar-refractivity contribution in [1.29, 1.82) is 0 Å². The van der Waals surface area contributed by atoms with Gasteiger partial charge in [0, 0.05) is 6.04 Å². The topological polar surface area (TPSA) is 23.5 Å². The molecule has 1 heterocycles. The lowest BCUT2D eigenvalue weighted by atomic mass is 9.77. The van der Waals surface area contributed by atoms with Gasteiger partial charge in [-0.2, -0.15) is 0 Å². The average molecular weight is 225 g/mol. The van der Waals surface area contributed by atoms with Crippen molar-refractivity contribution in [3.05, 3.63) is 0 Å². The highest BCUT2D eigenvalue weighted by Crippen LogP contribution is 2.36. The molecule has 1 aliphatic heterocycles. The van der Waals surface area contributed by atoms with Gasteiger partial charge in [-0.15, -0.1) is 0 Å².